The first-order valence-electron chi connectivity index (χ1n) is 13.4. The molecule has 0 bridgehead atoms. The number of nitrogens with two attached hydrogens (primary N) is 1. The van der Waals surface area contributed by atoms with E-state index in [4.69, 9.17) is 14.9 Å². The van der Waals surface area contributed by atoms with E-state index in [9.17, 15) is 14.7 Å². The summed E-state index contributed by atoms with van der Waals surface area (Å²) in [5.41, 5.74) is 4.31. The van der Waals surface area contributed by atoms with Crippen LogP contribution in [0.15, 0.2) is 70.3 Å². The zero-order valence-electron chi connectivity index (χ0n) is 23.4. The Morgan fingerprint density at radius 2 is 1.65 bits per heavy atom. The fourth-order valence-corrected chi connectivity index (χ4v) is 11.3. The Labute approximate surface area is 237 Å². The summed E-state index contributed by atoms with van der Waals surface area (Å²) >= 11 is 0.790. The number of H-pyrrole nitrogens is 1. The van der Waals surface area contributed by atoms with E-state index in [2.05, 4.69) is 55.0 Å². The van der Waals surface area contributed by atoms with E-state index in [0.717, 1.165) is 21.7 Å². The Kier molecular flexibility index (Phi) is 7.38. The molecule has 1 saturated heterocycles. The van der Waals surface area contributed by atoms with Gasteiger partial charge in [0.25, 0.3) is 13.9 Å². The number of benzene rings is 2. The van der Waals surface area contributed by atoms with Crippen molar-refractivity contribution in [2.75, 3.05) is 12.3 Å². The summed E-state index contributed by atoms with van der Waals surface area (Å²) in [5.74, 6) is -0.550. The first-order valence-corrected chi connectivity index (χ1v) is 16.1. The van der Waals surface area contributed by atoms with Crippen LogP contribution < -0.4 is 26.5 Å². The number of fused-ring (bicyclic) bond motifs is 1. The van der Waals surface area contributed by atoms with Gasteiger partial charge < -0.3 is 20.0 Å². The maximum atomic E-state index is 13.1. The number of hydrogen-bond acceptors (Lipinski definition) is 8. The Hall–Kier alpha value is -3.09. The molecule has 1 aliphatic rings. The Morgan fingerprint density at radius 1 is 1.07 bits per heavy atom. The van der Waals surface area contributed by atoms with Gasteiger partial charge in [0.15, 0.2) is 5.65 Å². The third-order valence-electron chi connectivity index (χ3n) is 7.75. The molecule has 5 rings (SSSR count). The van der Waals surface area contributed by atoms with Crippen LogP contribution in [0.1, 0.15) is 47.3 Å². The van der Waals surface area contributed by atoms with Crippen LogP contribution in [0.2, 0.25) is 5.04 Å². The van der Waals surface area contributed by atoms with Crippen molar-refractivity contribution in [2.24, 2.45) is 5.92 Å². The molecule has 0 unspecified atom stereocenters. The molecular formula is C29H36N4O5SSi. The lowest BCUT2D eigenvalue weighted by Crippen LogP contribution is -2.67. The molecule has 3 atom stereocenters. The molecule has 2 aromatic heterocycles. The SMILES string of the molecule is CC(C)(O)[C@@H]1C[C@@H](CO[Si](c2ccccc2)(c2ccccc2)C(C)(C)C)O[C@H]1n1c(=O)sc2c(=O)[nH]c(N)nc21. The normalized spacial score (nSPS) is 20.3. The van der Waals surface area contributed by atoms with Crippen molar-refractivity contribution >= 4 is 46.3 Å². The van der Waals surface area contributed by atoms with Crippen molar-refractivity contribution in [3.05, 3.63) is 80.7 Å². The molecule has 11 heteroatoms. The quantitative estimate of drug-likeness (QED) is 0.286. The first-order chi connectivity index (χ1) is 18.8. The lowest BCUT2D eigenvalue weighted by molar-refractivity contribution is -0.0712. The van der Waals surface area contributed by atoms with Gasteiger partial charge in [-0.25, -0.2) is 0 Å². The number of anilines is 1. The van der Waals surface area contributed by atoms with Crippen molar-refractivity contribution in [1.29, 1.82) is 0 Å². The topological polar surface area (TPSA) is 132 Å². The standard InChI is InChI=1S/C29H36N4O5SSi/c1-28(2,3)40(19-12-8-6-9-13-19,20-14-10-7-11-15-20)37-17-18-16-21(29(4,5)36)25(38-18)33-23-22(39-27(33)35)24(34)32-26(30)31-23/h6-15,18,21,25,36H,16-17H2,1-5H3,(H3,30,31,32,34)/t18-,21+,25+/m0/s1. The van der Waals surface area contributed by atoms with Gasteiger partial charge in [0.2, 0.25) is 5.95 Å². The predicted octanol–water partition coefficient (Wildman–Crippen LogP) is 2.98. The van der Waals surface area contributed by atoms with Crippen LogP contribution in [-0.4, -0.2) is 46.3 Å². The number of nitrogens with one attached hydrogen (secondary N) is 1. The van der Waals surface area contributed by atoms with E-state index < -0.39 is 42.6 Å². The number of aliphatic hydroxyl groups is 1. The van der Waals surface area contributed by atoms with Crippen LogP contribution in [0.3, 0.4) is 0 Å². The molecule has 0 radical (unpaired) electrons. The summed E-state index contributed by atoms with van der Waals surface area (Å²) in [7, 11) is -2.83. The third kappa shape index (κ3) is 4.96. The van der Waals surface area contributed by atoms with E-state index in [0.29, 0.717) is 6.42 Å². The van der Waals surface area contributed by atoms with E-state index >= 15 is 0 Å². The molecule has 3 heterocycles. The minimum absolute atomic E-state index is 0.0894. The average molecular weight is 581 g/mol. The van der Waals surface area contributed by atoms with Gasteiger partial charge in [0.05, 0.1) is 18.3 Å². The summed E-state index contributed by atoms with van der Waals surface area (Å²) in [6.07, 6.45) is -0.804. The summed E-state index contributed by atoms with van der Waals surface area (Å²) in [4.78, 5) is 31.9. The number of aromatic amines is 1. The number of nitrogens with zero attached hydrogens (tertiary/aromatic N) is 2. The molecule has 0 saturated carbocycles. The molecule has 9 nitrogen and oxygen atoms in total. The van der Waals surface area contributed by atoms with Gasteiger partial charge in [-0.1, -0.05) is 92.8 Å². The van der Waals surface area contributed by atoms with Crippen LogP contribution in [0, 0.1) is 5.92 Å². The number of thiazole rings is 1. The zero-order valence-corrected chi connectivity index (χ0v) is 25.2. The largest absolute Gasteiger partial charge is 0.405 e. The van der Waals surface area contributed by atoms with Gasteiger partial charge in [-0.05, 0) is 35.7 Å². The Morgan fingerprint density at radius 3 is 2.17 bits per heavy atom. The van der Waals surface area contributed by atoms with Gasteiger partial charge in [-0.15, -0.1) is 0 Å². The van der Waals surface area contributed by atoms with Crippen LogP contribution in [0.5, 0.6) is 0 Å². The lowest BCUT2D eigenvalue weighted by Gasteiger charge is -2.43. The molecule has 212 valence electrons. The van der Waals surface area contributed by atoms with E-state index in [1.54, 1.807) is 13.8 Å². The van der Waals surface area contributed by atoms with Crippen molar-refractivity contribution in [3.8, 4) is 0 Å². The second kappa shape index (κ2) is 10.4. The molecule has 4 aromatic rings. The summed E-state index contributed by atoms with van der Waals surface area (Å²) in [6.45, 7) is 10.3. The van der Waals surface area contributed by atoms with Gasteiger partial charge >= 0.3 is 4.87 Å². The molecular weight excluding hydrogens is 544 g/mol. The summed E-state index contributed by atoms with van der Waals surface area (Å²) < 4.78 is 15.1. The number of ether oxygens (including phenoxy) is 1. The zero-order chi connectivity index (χ0) is 28.9. The van der Waals surface area contributed by atoms with Crippen LogP contribution >= 0.6 is 11.3 Å². The van der Waals surface area contributed by atoms with Crippen LogP contribution in [0.4, 0.5) is 5.95 Å². The van der Waals surface area contributed by atoms with Gasteiger partial charge in [-0.2, -0.15) is 4.98 Å². The Bertz CT molecular complexity index is 1570. The highest BCUT2D eigenvalue weighted by atomic mass is 32.1. The fourth-order valence-electron chi connectivity index (χ4n) is 5.88. The monoisotopic (exact) mass is 580 g/mol. The minimum atomic E-state index is -2.83. The van der Waals surface area contributed by atoms with Crippen molar-refractivity contribution < 1.29 is 14.3 Å². The average Bonchev–Trinajstić information content (AvgIpc) is 3.45. The molecule has 0 spiro atoms. The molecule has 2 aromatic carbocycles. The molecule has 0 aliphatic carbocycles. The highest BCUT2D eigenvalue weighted by Gasteiger charge is 2.52. The Balaban J connectivity index is 1.54. The second-order valence-electron chi connectivity index (χ2n) is 12.0. The molecule has 40 heavy (non-hydrogen) atoms. The van der Waals surface area contributed by atoms with E-state index in [-0.39, 0.29) is 27.9 Å². The third-order valence-corrected chi connectivity index (χ3v) is 13.7. The second-order valence-corrected chi connectivity index (χ2v) is 17.2. The van der Waals surface area contributed by atoms with Gasteiger partial charge in [0, 0.05) is 5.92 Å². The summed E-state index contributed by atoms with van der Waals surface area (Å²) in [5, 5.41) is 13.2. The maximum absolute atomic E-state index is 13.1. The number of rotatable bonds is 7. The molecule has 4 N–H and O–H groups in total. The predicted molar refractivity (Wildman–Crippen MR) is 161 cm³/mol. The smallest absolute Gasteiger partial charge is 0.311 e. The molecule has 1 aliphatic heterocycles. The van der Waals surface area contributed by atoms with Crippen LogP contribution in [0.25, 0.3) is 10.3 Å². The van der Waals surface area contributed by atoms with Gasteiger partial charge in [-0.3, -0.25) is 19.1 Å². The van der Waals surface area contributed by atoms with Crippen molar-refractivity contribution in [1.82, 2.24) is 14.5 Å². The summed E-state index contributed by atoms with van der Waals surface area (Å²) in [6, 6.07) is 20.7. The van der Waals surface area contributed by atoms with Gasteiger partial charge in [0.1, 0.15) is 10.9 Å². The number of hydrogen-bond donors (Lipinski definition) is 3. The highest BCUT2D eigenvalue weighted by molar-refractivity contribution is 7.16. The first kappa shape index (κ1) is 28.4. The van der Waals surface area contributed by atoms with Crippen molar-refractivity contribution in [2.45, 2.75) is 64.0 Å². The van der Waals surface area contributed by atoms with E-state index in [1.807, 2.05) is 36.4 Å². The van der Waals surface area contributed by atoms with Crippen molar-refractivity contribution in [3.63, 3.8) is 0 Å². The fraction of sp³-hybridized carbons (Fsp3) is 0.414. The number of nitrogen functional groups attached to an aromatic ring is 1. The highest BCUT2D eigenvalue weighted by Crippen LogP contribution is 2.43. The van der Waals surface area contributed by atoms with Crippen LogP contribution in [-0.2, 0) is 9.16 Å². The lowest BCUT2D eigenvalue weighted by atomic mass is 9.87. The minimum Gasteiger partial charge on any atom is -0.405 e. The van der Waals surface area contributed by atoms with E-state index in [1.165, 1.54) is 4.57 Å². The number of aromatic nitrogens is 3. The maximum Gasteiger partial charge on any atom is 0.311 e. The molecule has 0 amide bonds. The molecule has 1 fully saturated rings.